The minimum Gasteiger partial charge on any atom is -0.400 e. The highest BCUT2D eigenvalue weighted by Gasteiger charge is 2.49. The van der Waals surface area contributed by atoms with E-state index >= 15 is 0 Å². The largest absolute Gasteiger partial charge is 0.486 e. The van der Waals surface area contributed by atoms with E-state index in [-0.39, 0.29) is 29.7 Å². The number of aromatic nitrogens is 8. The number of aliphatic hydroxyl groups excluding tert-OH is 4. The lowest BCUT2D eigenvalue weighted by atomic mass is 9.90. The quantitative estimate of drug-likeness (QED) is 0.0471. The molecular formula is C102H94BClN12O7. The molecule has 123 heavy (non-hydrogen) atoms. The van der Waals surface area contributed by atoms with Crippen molar-refractivity contribution in [2.75, 3.05) is 13.2 Å². The van der Waals surface area contributed by atoms with Gasteiger partial charge in [0.1, 0.15) is 53.2 Å². The summed E-state index contributed by atoms with van der Waals surface area (Å²) in [5, 5.41) is 71.0. The molecule has 1 aliphatic heterocycles. The average Bonchev–Trinajstić information content (AvgIpc) is 1.65. The van der Waals surface area contributed by atoms with Gasteiger partial charge in [-0.3, -0.25) is 4.79 Å². The van der Waals surface area contributed by atoms with Crippen LogP contribution in [0.2, 0.25) is 5.02 Å². The van der Waals surface area contributed by atoms with Crippen LogP contribution >= 0.6 is 11.6 Å². The van der Waals surface area contributed by atoms with Crippen LogP contribution in [0.4, 0.5) is 0 Å². The molecule has 8 aromatic carbocycles. The molecule has 19 nitrogen and oxygen atoms in total. The SMILES string of the molecule is C=CB1OC(C)(C)C(C)(C)O1.C=Cc1cc(C#N)nc(-c2ccc3c(ccn3Cc3ccc(C)cc3)c2)c1.Cc1ccc(Cn2ccc3cc(-c4cc(Cl)cc(C#N)n4)ccc32)cc1.Cc1ccc(Cn2ccc3cc(-c4cc([C@@H](O)CO)cc(C#N)n4)ccc32)cc1.Cc1ccc(Cn2ccc3cc(-c4cc([C@@H](O)CO)cc(C(N)=O)n4)ccc32)cc1. The lowest BCUT2D eigenvalue weighted by molar-refractivity contribution is 0.00578. The molecule has 1 aliphatic rings. The second kappa shape index (κ2) is 38.6. The Balaban J connectivity index is 0.000000135. The van der Waals surface area contributed by atoms with Gasteiger partial charge < -0.3 is 53.7 Å². The van der Waals surface area contributed by atoms with Crippen LogP contribution in [-0.2, 0) is 35.5 Å². The second-order valence-electron chi connectivity index (χ2n) is 31.5. The molecule has 1 saturated heterocycles. The number of carbonyl (C=O) groups excluding carboxylic acids is 1. The number of hydrogen-bond donors (Lipinski definition) is 5. The molecule has 0 saturated carbocycles. The summed E-state index contributed by atoms with van der Waals surface area (Å²) in [6, 6.07) is 86.5. The molecule has 614 valence electrons. The fourth-order valence-electron chi connectivity index (χ4n) is 14.3. The fraction of sp³-hybridized carbons (Fsp3) is 0.176. The summed E-state index contributed by atoms with van der Waals surface area (Å²) < 4.78 is 20.0. The number of rotatable bonds is 19. The Hall–Kier alpha value is -13.9. The van der Waals surface area contributed by atoms with Crippen molar-refractivity contribution in [2.24, 2.45) is 5.73 Å². The third kappa shape index (κ3) is 21.3. The van der Waals surface area contributed by atoms with Gasteiger partial charge in [0.25, 0.3) is 5.91 Å². The predicted molar refractivity (Wildman–Crippen MR) is 490 cm³/mol. The lowest BCUT2D eigenvalue weighted by Gasteiger charge is -2.32. The number of amides is 1. The standard InChI is InChI=1S/C24H23N3O3.C24H21N3O2.C24H19N3.C22H16ClN3.C8H15BO2/c1-15-2-4-16(5-3-15)13-27-9-8-18-10-17(6-7-22(18)27)20-11-19(23(29)14-28)12-21(26-20)24(25)30;1-16-2-4-17(5-3-16)14-27-9-8-19-10-18(6-7-23(19)27)22-12-20(24(29)15-28)11-21(13-25)26-22;1-3-18-12-22(15-25)26-23(13-18)20-8-9-24-21(14-20)10-11-27(24)16-19-6-4-17(2)5-7-19;1-15-2-4-16(5-3-15)14-26-9-8-18-10-17(6-7-22(18)26)21-12-19(23)11-20(13-24)25-21;1-6-9-10-7(2,3)8(4,5)11-9/h2-12,23,28-29H,13-14H2,1H3,(H2,25,30);2-12,24,28-29H,14-15H2,1H3;3-14H,1,16H2,2H3;2-12H,14H2,1H3;6H,1H2,2-5H3/t23-;24-;;;/m00.../s1. The van der Waals surface area contributed by atoms with Crippen molar-refractivity contribution in [3.8, 4) is 63.2 Å². The van der Waals surface area contributed by atoms with Crippen LogP contribution in [0.5, 0.6) is 0 Å². The van der Waals surface area contributed by atoms with Gasteiger partial charge in [0.15, 0.2) is 0 Å². The van der Waals surface area contributed by atoms with E-state index in [1.807, 2.05) is 94.6 Å². The molecule has 0 aliphatic carbocycles. The van der Waals surface area contributed by atoms with Gasteiger partial charge in [-0.1, -0.05) is 174 Å². The highest BCUT2D eigenvalue weighted by atomic mass is 35.5. The first-order valence-corrected chi connectivity index (χ1v) is 40.6. The maximum atomic E-state index is 11.7. The summed E-state index contributed by atoms with van der Waals surface area (Å²) in [5.41, 5.74) is 28.5. The number of nitriles is 3. The molecule has 0 unspecified atom stereocenters. The molecule has 0 bridgehead atoms. The zero-order chi connectivity index (χ0) is 87.2. The van der Waals surface area contributed by atoms with Crippen LogP contribution in [0.1, 0.15) is 129 Å². The van der Waals surface area contributed by atoms with Crippen molar-refractivity contribution in [3.63, 3.8) is 0 Å². The molecule has 1 fully saturated rings. The van der Waals surface area contributed by atoms with Crippen molar-refractivity contribution in [2.45, 2.75) is 105 Å². The van der Waals surface area contributed by atoms with Gasteiger partial charge in [0, 0.05) is 122 Å². The number of benzene rings is 8. The van der Waals surface area contributed by atoms with E-state index < -0.39 is 31.3 Å². The first kappa shape index (κ1) is 86.9. The second-order valence-corrected chi connectivity index (χ2v) is 32.0. The van der Waals surface area contributed by atoms with Crippen LogP contribution in [-0.4, -0.2) is 96.1 Å². The molecule has 16 aromatic rings. The Morgan fingerprint density at radius 3 is 1.06 bits per heavy atom. The molecule has 8 aromatic heterocycles. The number of carbonyl (C=O) groups is 1. The first-order valence-electron chi connectivity index (χ1n) is 40.2. The Morgan fingerprint density at radius 1 is 0.439 bits per heavy atom. The normalized spacial score (nSPS) is 12.9. The summed E-state index contributed by atoms with van der Waals surface area (Å²) >= 11 is 6.11. The van der Waals surface area contributed by atoms with Gasteiger partial charge in [-0.2, -0.15) is 15.8 Å². The van der Waals surface area contributed by atoms with Crippen LogP contribution < -0.4 is 5.73 Å². The zero-order valence-corrected chi connectivity index (χ0v) is 70.6. The average molecular weight is 1650 g/mol. The third-order valence-electron chi connectivity index (χ3n) is 21.9. The monoisotopic (exact) mass is 1640 g/mol. The van der Waals surface area contributed by atoms with Gasteiger partial charge in [-0.05, 0) is 216 Å². The topological polar surface area (TPSA) is 285 Å². The minimum atomic E-state index is -1.11. The number of aliphatic hydroxyl groups is 4. The van der Waals surface area contributed by atoms with E-state index in [2.05, 4.69) is 255 Å². The summed E-state index contributed by atoms with van der Waals surface area (Å²) in [7, 11) is -0.250. The number of halogens is 1. The van der Waals surface area contributed by atoms with Gasteiger partial charge in [0.05, 0.1) is 47.2 Å². The summed E-state index contributed by atoms with van der Waals surface area (Å²) in [5.74, 6) is 0.991. The fourth-order valence-corrected chi connectivity index (χ4v) is 14.5. The maximum absolute atomic E-state index is 11.7. The van der Waals surface area contributed by atoms with Gasteiger partial charge in [-0.15, -0.1) is 6.58 Å². The summed E-state index contributed by atoms with van der Waals surface area (Å²) in [6.45, 7) is 26.2. The molecule has 9 heterocycles. The number of nitrogens with two attached hydrogens (primary N) is 1. The number of nitrogens with zero attached hydrogens (tertiary/aromatic N) is 11. The maximum Gasteiger partial charge on any atom is 0.486 e. The number of fused-ring (bicyclic) bond motifs is 4. The highest BCUT2D eigenvalue weighted by molar-refractivity contribution is 6.51. The van der Waals surface area contributed by atoms with E-state index in [4.69, 9.17) is 31.9 Å². The molecule has 17 rings (SSSR count). The molecule has 2 atom stereocenters. The lowest BCUT2D eigenvalue weighted by Crippen LogP contribution is -2.41. The number of aryl methyl sites for hydroxylation is 4. The summed E-state index contributed by atoms with van der Waals surface area (Å²) in [4.78, 5) is 29.2. The Kier molecular flexibility index (Phi) is 27.3. The van der Waals surface area contributed by atoms with Crippen molar-refractivity contribution < 1.29 is 34.5 Å². The van der Waals surface area contributed by atoms with Crippen LogP contribution in [0.3, 0.4) is 0 Å². The number of hydrogen-bond acceptors (Lipinski definition) is 14. The smallest absolute Gasteiger partial charge is 0.400 e. The van der Waals surface area contributed by atoms with E-state index in [0.717, 1.165) is 97.8 Å². The number of primary amides is 1. The molecule has 6 N–H and O–H groups in total. The van der Waals surface area contributed by atoms with Crippen molar-refractivity contribution in [1.82, 2.24) is 38.2 Å². The highest BCUT2D eigenvalue weighted by Crippen LogP contribution is 2.38. The van der Waals surface area contributed by atoms with Crippen LogP contribution in [0, 0.1) is 61.7 Å². The molecular weight excluding hydrogens is 1550 g/mol. The Morgan fingerprint density at radius 2 is 0.748 bits per heavy atom. The van der Waals surface area contributed by atoms with Crippen LogP contribution in [0.15, 0.2) is 287 Å². The Bertz CT molecular complexity index is 6650. The van der Waals surface area contributed by atoms with Gasteiger partial charge in [-0.25, -0.2) is 19.9 Å². The molecule has 1 amide bonds. The first-order chi connectivity index (χ1) is 59.2. The zero-order valence-electron chi connectivity index (χ0n) is 69.8. The van der Waals surface area contributed by atoms with E-state index in [1.54, 1.807) is 42.4 Å². The molecule has 21 heteroatoms. The number of pyridine rings is 4. The van der Waals surface area contributed by atoms with Crippen molar-refractivity contribution in [3.05, 3.63) is 376 Å². The van der Waals surface area contributed by atoms with Crippen LogP contribution in [0.25, 0.3) is 94.7 Å². The van der Waals surface area contributed by atoms with E-state index in [1.165, 1.54) is 62.2 Å². The van der Waals surface area contributed by atoms with Crippen molar-refractivity contribution in [1.29, 1.82) is 15.8 Å². The van der Waals surface area contributed by atoms with Gasteiger partial charge >= 0.3 is 7.12 Å². The predicted octanol–water partition coefficient (Wildman–Crippen LogP) is 20.1. The van der Waals surface area contributed by atoms with E-state index in [0.29, 0.717) is 44.6 Å². The Labute approximate surface area is 721 Å². The summed E-state index contributed by atoms with van der Waals surface area (Å²) in [6.07, 6.45) is 7.91. The van der Waals surface area contributed by atoms with E-state index in [9.17, 15) is 35.7 Å². The van der Waals surface area contributed by atoms with Gasteiger partial charge in [0.2, 0.25) is 0 Å². The minimum absolute atomic E-state index is 0.0482. The van der Waals surface area contributed by atoms with Crippen molar-refractivity contribution >= 4 is 74.3 Å². The third-order valence-corrected chi connectivity index (χ3v) is 22.1. The molecule has 0 radical (unpaired) electrons. The molecule has 0 spiro atoms.